The molecule has 39 heavy (non-hydrogen) atoms. The lowest BCUT2D eigenvalue weighted by Crippen LogP contribution is -2.09. The highest BCUT2D eigenvalue weighted by Gasteiger charge is 2.12. The summed E-state index contributed by atoms with van der Waals surface area (Å²) in [5, 5.41) is 5.03. The quantitative estimate of drug-likeness (QED) is 0.229. The smallest absolute Gasteiger partial charge is 0.0462 e. The standard InChI is InChI=1S/C38H27N/c1-3-11-36(12-4-1)39(37-13-5-2-6-14-37)38-23-21-29(22-24-38)32-18-16-30-17-20-34(27-35(30)26-32)33-19-15-28-9-7-8-10-31(28)25-33/h1-27H. The molecule has 7 aromatic rings. The van der Waals surface area contributed by atoms with Gasteiger partial charge in [-0.25, -0.2) is 0 Å². The first kappa shape index (κ1) is 23.0. The molecule has 0 N–H and O–H groups in total. The van der Waals surface area contributed by atoms with Gasteiger partial charge in [0.1, 0.15) is 0 Å². The van der Waals surface area contributed by atoms with Crippen LogP contribution in [-0.4, -0.2) is 0 Å². The van der Waals surface area contributed by atoms with Gasteiger partial charge < -0.3 is 4.90 Å². The molecule has 0 spiro atoms. The molecule has 0 bridgehead atoms. The molecule has 0 amide bonds. The lowest BCUT2D eigenvalue weighted by Gasteiger charge is -2.25. The third-order valence-electron chi connectivity index (χ3n) is 7.41. The minimum absolute atomic E-state index is 1.13. The Morgan fingerprint density at radius 2 is 0.641 bits per heavy atom. The number of para-hydroxylation sites is 2. The summed E-state index contributed by atoms with van der Waals surface area (Å²) in [6, 6.07) is 58.7. The van der Waals surface area contributed by atoms with Crippen LogP contribution in [0.4, 0.5) is 17.1 Å². The molecule has 0 aliphatic carbocycles. The monoisotopic (exact) mass is 497 g/mol. The summed E-state index contributed by atoms with van der Waals surface area (Å²) >= 11 is 0. The van der Waals surface area contributed by atoms with Crippen molar-refractivity contribution in [2.75, 3.05) is 4.90 Å². The zero-order chi connectivity index (χ0) is 26.0. The normalized spacial score (nSPS) is 11.1. The van der Waals surface area contributed by atoms with Crippen molar-refractivity contribution in [3.8, 4) is 22.3 Å². The van der Waals surface area contributed by atoms with E-state index in [0.29, 0.717) is 0 Å². The number of nitrogens with zero attached hydrogens (tertiary/aromatic N) is 1. The van der Waals surface area contributed by atoms with E-state index in [2.05, 4.69) is 169 Å². The lowest BCUT2D eigenvalue weighted by atomic mass is 9.96. The van der Waals surface area contributed by atoms with Crippen LogP contribution in [0.1, 0.15) is 0 Å². The Kier molecular flexibility index (Phi) is 5.88. The summed E-state index contributed by atoms with van der Waals surface area (Å²) in [7, 11) is 0. The predicted molar refractivity (Wildman–Crippen MR) is 167 cm³/mol. The van der Waals surface area contributed by atoms with Crippen molar-refractivity contribution in [3.63, 3.8) is 0 Å². The van der Waals surface area contributed by atoms with E-state index in [1.807, 2.05) is 0 Å². The number of rotatable bonds is 5. The van der Waals surface area contributed by atoms with Crippen molar-refractivity contribution < 1.29 is 0 Å². The van der Waals surface area contributed by atoms with Crippen LogP contribution in [0.3, 0.4) is 0 Å². The molecule has 0 saturated carbocycles. The molecule has 1 nitrogen and oxygen atoms in total. The van der Waals surface area contributed by atoms with Crippen molar-refractivity contribution in [1.82, 2.24) is 0 Å². The highest BCUT2D eigenvalue weighted by Crippen LogP contribution is 2.36. The van der Waals surface area contributed by atoms with Crippen LogP contribution >= 0.6 is 0 Å². The van der Waals surface area contributed by atoms with Gasteiger partial charge in [-0.2, -0.15) is 0 Å². The lowest BCUT2D eigenvalue weighted by molar-refractivity contribution is 1.28. The third-order valence-corrected chi connectivity index (χ3v) is 7.41. The van der Waals surface area contributed by atoms with Crippen LogP contribution in [-0.2, 0) is 0 Å². The zero-order valence-electron chi connectivity index (χ0n) is 21.5. The fourth-order valence-corrected chi connectivity index (χ4v) is 5.38. The Labute approximate surface area is 229 Å². The molecular formula is C38H27N. The first-order valence-electron chi connectivity index (χ1n) is 13.4. The minimum atomic E-state index is 1.13. The summed E-state index contributed by atoms with van der Waals surface area (Å²) in [5.41, 5.74) is 8.32. The number of hydrogen-bond acceptors (Lipinski definition) is 1. The van der Waals surface area contributed by atoms with Gasteiger partial charge in [0.15, 0.2) is 0 Å². The van der Waals surface area contributed by atoms with Crippen molar-refractivity contribution in [1.29, 1.82) is 0 Å². The minimum Gasteiger partial charge on any atom is -0.311 e. The Balaban J connectivity index is 1.24. The van der Waals surface area contributed by atoms with Gasteiger partial charge >= 0.3 is 0 Å². The molecule has 0 aliphatic rings. The van der Waals surface area contributed by atoms with Gasteiger partial charge in [-0.1, -0.05) is 109 Å². The number of anilines is 3. The highest BCUT2D eigenvalue weighted by molar-refractivity contribution is 5.93. The van der Waals surface area contributed by atoms with Crippen molar-refractivity contribution in [2.45, 2.75) is 0 Å². The van der Waals surface area contributed by atoms with E-state index in [1.54, 1.807) is 0 Å². The Hall–Kier alpha value is -5.14. The number of benzene rings is 7. The van der Waals surface area contributed by atoms with Crippen LogP contribution in [0.25, 0.3) is 43.8 Å². The van der Waals surface area contributed by atoms with E-state index in [0.717, 1.165) is 17.1 Å². The maximum atomic E-state index is 2.31. The average molecular weight is 498 g/mol. The molecule has 7 rings (SSSR count). The summed E-state index contributed by atoms with van der Waals surface area (Å²) in [5.74, 6) is 0. The van der Waals surface area contributed by atoms with E-state index >= 15 is 0 Å². The molecule has 184 valence electrons. The second-order valence-corrected chi connectivity index (χ2v) is 9.89. The molecule has 0 aliphatic heterocycles. The highest BCUT2D eigenvalue weighted by atomic mass is 15.1. The Morgan fingerprint density at radius 1 is 0.256 bits per heavy atom. The second-order valence-electron chi connectivity index (χ2n) is 9.89. The number of fused-ring (bicyclic) bond motifs is 2. The Bertz CT molecular complexity index is 1850. The van der Waals surface area contributed by atoms with Crippen molar-refractivity contribution >= 4 is 38.6 Å². The van der Waals surface area contributed by atoms with Gasteiger partial charge in [0.05, 0.1) is 0 Å². The van der Waals surface area contributed by atoms with E-state index in [9.17, 15) is 0 Å². The van der Waals surface area contributed by atoms with Gasteiger partial charge in [-0.15, -0.1) is 0 Å². The van der Waals surface area contributed by atoms with Crippen LogP contribution in [0.2, 0.25) is 0 Å². The van der Waals surface area contributed by atoms with Gasteiger partial charge in [0, 0.05) is 17.1 Å². The summed E-state index contributed by atoms with van der Waals surface area (Å²) < 4.78 is 0. The zero-order valence-corrected chi connectivity index (χ0v) is 21.5. The largest absolute Gasteiger partial charge is 0.311 e. The molecule has 0 fully saturated rings. The first-order chi connectivity index (χ1) is 19.3. The molecule has 0 radical (unpaired) electrons. The maximum Gasteiger partial charge on any atom is 0.0462 e. The van der Waals surface area contributed by atoms with Crippen LogP contribution < -0.4 is 4.90 Å². The van der Waals surface area contributed by atoms with Crippen LogP contribution in [0, 0.1) is 0 Å². The third kappa shape index (κ3) is 4.56. The molecule has 0 unspecified atom stereocenters. The molecular weight excluding hydrogens is 470 g/mol. The van der Waals surface area contributed by atoms with Crippen LogP contribution in [0.5, 0.6) is 0 Å². The maximum absolute atomic E-state index is 2.31. The molecule has 1 heteroatoms. The summed E-state index contributed by atoms with van der Waals surface area (Å²) in [6.07, 6.45) is 0. The SMILES string of the molecule is c1ccc(N(c2ccccc2)c2ccc(-c3ccc4ccc(-c5ccc6ccccc6c5)cc4c3)cc2)cc1. The van der Waals surface area contributed by atoms with E-state index in [1.165, 1.54) is 43.8 Å². The average Bonchev–Trinajstić information content (AvgIpc) is 3.02. The molecule has 0 atom stereocenters. The van der Waals surface area contributed by atoms with E-state index < -0.39 is 0 Å². The molecule has 0 saturated heterocycles. The predicted octanol–water partition coefficient (Wildman–Crippen LogP) is 10.8. The summed E-state index contributed by atoms with van der Waals surface area (Å²) in [4.78, 5) is 2.29. The van der Waals surface area contributed by atoms with E-state index in [-0.39, 0.29) is 0 Å². The second kappa shape index (κ2) is 9.96. The van der Waals surface area contributed by atoms with E-state index in [4.69, 9.17) is 0 Å². The number of hydrogen-bond donors (Lipinski definition) is 0. The van der Waals surface area contributed by atoms with Gasteiger partial charge in [-0.05, 0) is 98.4 Å². The van der Waals surface area contributed by atoms with Gasteiger partial charge in [-0.3, -0.25) is 0 Å². The molecule has 0 aromatic heterocycles. The van der Waals surface area contributed by atoms with Crippen molar-refractivity contribution in [2.24, 2.45) is 0 Å². The van der Waals surface area contributed by atoms with Crippen molar-refractivity contribution in [3.05, 3.63) is 164 Å². The van der Waals surface area contributed by atoms with Gasteiger partial charge in [0.2, 0.25) is 0 Å². The molecule has 7 aromatic carbocycles. The fraction of sp³-hybridized carbons (Fsp3) is 0. The molecule has 0 heterocycles. The topological polar surface area (TPSA) is 3.24 Å². The first-order valence-corrected chi connectivity index (χ1v) is 13.4. The fourth-order valence-electron chi connectivity index (χ4n) is 5.38. The van der Waals surface area contributed by atoms with Gasteiger partial charge in [0.25, 0.3) is 0 Å². The summed E-state index contributed by atoms with van der Waals surface area (Å²) in [6.45, 7) is 0. The van der Waals surface area contributed by atoms with Crippen LogP contribution in [0.15, 0.2) is 164 Å². The Morgan fingerprint density at radius 3 is 1.21 bits per heavy atom.